The molecule has 7 rings (SSSR count). The van der Waals surface area contributed by atoms with Crippen molar-refractivity contribution in [2.75, 3.05) is 38.8 Å². The first kappa shape index (κ1) is 16.7. The highest BCUT2D eigenvalue weighted by molar-refractivity contribution is 5.99. The van der Waals surface area contributed by atoms with E-state index >= 15 is 0 Å². The average molecular weight is 394 g/mol. The number of piperidine rings is 2. The molecule has 0 aromatic heterocycles. The van der Waals surface area contributed by atoms with Crippen molar-refractivity contribution in [1.29, 1.82) is 0 Å². The number of carbonyl (C=O) groups excluding carboxylic acids is 1. The molecular formula is C23H26N2O4. The lowest BCUT2D eigenvalue weighted by atomic mass is 9.53. The topological polar surface area (TPSA) is 51.2 Å². The lowest BCUT2D eigenvalue weighted by molar-refractivity contribution is -0.132. The summed E-state index contributed by atoms with van der Waals surface area (Å²) in [5, 5.41) is 0. The first-order valence-electron chi connectivity index (χ1n) is 10.8. The number of nitrogens with zero attached hydrogens (tertiary/aromatic N) is 2. The minimum absolute atomic E-state index is 0.0242. The number of carbonyl (C=O) groups is 1. The van der Waals surface area contributed by atoms with Crippen molar-refractivity contribution < 1.29 is 19.0 Å². The van der Waals surface area contributed by atoms with Crippen molar-refractivity contribution in [2.24, 2.45) is 11.8 Å². The summed E-state index contributed by atoms with van der Waals surface area (Å²) in [4.78, 5) is 18.3. The Morgan fingerprint density at radius 1 is 1.21 bits per heavy atom. The number of anilines is 1. The predicted molar refractivity (Wildman–Crippen MR) is 107 cm³/mol. The van der Waals surface area contributed by atoms with E-state index in [9.17, 15) is 4.79 Å². The summed E-state index contributed by atoms with van der Waals surface area (Å²) in [6, 6.07) is 4.87. The van der Waals surface area contributed by atoms with Crippen LogP contribution in [-0.2, 0) is 14.9 Å². The third-order valence-corrected chi connectivity index (χ3v) is 8.81. The zero-order valence-corrected chi connectivity index (χ0v) is 16.9. The highest BCUT2D eigenvalue weighted by Gasteiger charge is 2.71. The third-order valence-electron chi connectivity index (χ3n) is 8.81. The van der Waals surface area contributed by atoms with Gasteiger partial charge in [0, 0.05) is 30.0 Å². The summed E-state index contributed by atoms with van der Waals surface area (Å²) in [6.07, 6.45) is 5.11. The smallest absolute Gasteiger partial charge is 0.229 e. The maximum Gasteiger partial charge on any atom is 0.229 e. The largest absolute Gasteiger partial charge is 0.493 e. The fourth-order valence-electron chi connectivity index (χ4n) is 7.87. The summed E-state index contributed by atoms with van der Waals surface area (Å²) in [7, 11) is 3.36. The van der Waals surface area contributed by atoms with E-state index < -0.39 is 0 Å². The second-order valence-corrected chi connectivity index (χ2v) is 9.48. The molecule has 0 radical (unpaired) electrons. The van der Waals surface area contributed by atoms with E-state index in [0.717, 1.165) is 30.9 Å². The quantitative estimate of drug-likeness (QED) is 0.719. The van der Waals surface area contributed by atoms with Gasteiger partial charge in [0.25, 0.3) is 0 Å². The molecule has 4 fully saturated rings. The van der Waals surface area contributed by atoms with E-state index in [1.54, 1.807) is 19.8 Å². The Balaban J connectivity index is 1.52. The second-order valence-electron chi connectivity index (χ2n) is 9.48. The van der Waals surface area contributed by atoms with Gasteiger partial charge in [-0.05, 0) is 36.9 Å². The highest BCUT2D eigenvalue weighted by Crippen LogP contribution is 2.66. The average Bonchev–Trinajstić information content (AvgIpc) is 3.20. The molecule has 1 saturated carbocycles. The van der Waals surface area contributed by atoms with Gasteiger partial charge in [0.05, 0.1) is 45.1 Å². The van der Waals surface area contributed by atoms with Crippen molar-refractivity contribution >= 4 is 11.6 Å². The van der Waals surface area contributed by atoms with Gasteiger partial charge in [0.1, 0.15) is 0 Å². The van der Waals surface area contributed by atoms with Crippen LogP contribution in [0.5, 0.6) is 11.5 Å². The maximum absolute atomic E-state index is 13.5. The summed E-state index contributed by atoms with van der Waals surface area (Å²) in [6.45, 7) is 2.80. The zero-order valence-electron chi connectivity index (χ0n) is 16.9. The molecule has 6 atom stereocenters. The molecule has 1 amide bonds. The van der Waals surface area contributed by atoms with Crippen LogP contribution in [0.1, 0.15) is 24.8 Å². The van der Waals surface area contributed by atoms with Gasteiger partial charge >= 0.3 is 0 Å². The SMILES string of the molecule is COc1cc2c(cc1OC)[C@]13CCN4CC5=CCO[C@@H]6CC(=O)N2[C@@H]1[C@H]6[C@H]5C[C@H]43. The number of rotatable bonds is 2. The van der Waals surface area contributed by atoms with Gasteiger partial charge in [0.2, 0.25) is 5.91 Å². The molecule has 5 aliphatic heterocycles. The fraction of sp³-hybridized carbons (Fsp3) is 0.609. The van der Waals surface area contributed by atoms with Gasteiger partial charge in [-0.1, -0.05) is 11.6 Å². The number of ether oxygens (including phenoxy) is 3. The number of amides is 1. The Bertz CT molecular complexity index is 974. The van der Waals surface area contributed by atoms with Crippen LogP contribution in [0.15, 0.2) is 23.8 Å². The summed E-state index contributed by atoms with van der Waals surface area (Å²) >= 11 is 0. The lowest BCUT2D eigenvalue weighted by Gasteiger charge is -2.58. The molecule has 6 nitrogen and oxygen atoms in total. The van der Waals surface area contributed by atoms with Gasteiger partial charge in [-0.25, -0.2) is 0 Å². The van der Waals surface area contributed by atoms with Crippen molar-refractivity contribution in [3.8, 4) is 11.5 Å². The van der Waals surface area contributed by atoms with Gasteiger partial charge < -0.3 is 19.1 Å². The van der Waals surface area contributed by atoms with Crippen molar-refractivity contribution in [2.45, 2.75) is 42.9 Å². The van der Waals surface area contributed by atoms with E-state index in [1.165, 1.54) is 12.0 Å². The molecular weight excluding hydrogens is 368 g/mol. The van der Waals surface area contributed by atoms with Crippen LogP contribution >= 0.6 is 0 Å². The van der Waals surface area contributed by atoms with Crippen LogP contribution < -0.4 is 14.4 Å². The molecule has 1 aromatic rings. The monoisotopic (exact) mass is 394 g/mol. The standard InChI is InChI=1S/C23H26N2O4/c1-27-16-8-14-15(9-17(16)28-2)25-20(26)10-18-21-13-7-19-23(14,22(21)25)4-5-24(19)11-12(13)3-6-29-18/h3,8-9,13,18-19,21-22H,4-7,10-11H2,1-2H3/t13-,18+,19-,21-,22+,23-/m0/s1. The normalized spacial score (nSPS) is 41.0. The van der Waals surface area contributed by atoms with Crippen LogP contribution in [0, 0.1) is 11.8 Å². The molecule has 6 aliphatic rings. The predicted octanol–water partition coefficient (Wildman–Crippen LogP) is 2.11. The van der Waals surface area contributed by atoms with E-state index in [0.29, 0.717) is 36.7 Å². The molecule has 0 N–H and O–H groups in total. The first-order chi connectivity index (χ1) is 14.2. The van der Waals surface area contributed by atoms with Crippen LogP contribution in [0.4, 0.5) is 5.69 Å². The van der Waals surface area contributed by atoms with Gasteiger partial charge in [-0.15, -0.1) is 0 Å². The van der Waals surface area contributed by atoms with E-state index in [-0.39, 0.29) is 23.5 Å². The number of hydrogen-bond donors (Lipinski definition) is 0. The third kappa shape index (κ3) is 1.76. The second kappa shape index (κ2) is 5.35. The lowest BCUT2D eigenvalue weighted by Crippen LogP contribution is -2.69. The van der Waals surface area contributed by atoms with Gasteiger partial charge in [-0.3, -0.25) is 9.69 Å². The molecule has 29 heavy (non-hydrogen) atoms. The molecule has 1 aliphatic carbocycles. The fourth-order valence-corrected chi connectivity index (χ4v) is 7.87. The Morgan fingerprint density at radius 2 is 2.03 bits per heavy atom. The van der Waals surface area contributed by atoms with Crippen LogP contribution in [-0.4, -0.2) is 62.9 Å². The molecule has 2 bridgehead atoms. The summed E-state index contributed by atoms with van der Waals surface area (Å²) in [5.41, 5.74) is 3.85. The number of fused-ring (bicyclic) bond motifs is 2. The number of hydrogen-bond acceptors (Lipinski definition) is 5. The van der Waals surface area contributed by atoms with E-state index in [4.69, 9.17) is 14.2 Å². The van der Waals surface area contributed by atoms with Crippen LogP contribution in [0.25, 0.3) is 0 Å². The minimum Gasteiger partial charge on any atom is -0.493 e. The van der Waals surface area contributed by atoms with Gasteiger partial charge in [-0.2, -0.15) is 0 Å². The Hall–Kier alpha value is -2.05. The molecule has 1 spiro atoms. The van der Waals surface area contributed by atoms with Gasteiger partial charge in [0.15, 0.2) is 11.5 Å². The van der Waals surface area contributed by atoms with Crippen molar-refractivity contribution in [1.82, 2.24) is 4.90 Å². The van der Waals surface area contributed by atoms with E-state index in [2.05, 4.69) is 21.9 Å². The minimum atomic E-state index is -0.0242. The molecule has 0 unspecified atom stereocenters. The first-order valence-corrected chi connectivity index (χ1v) is 10.8. The maximum atomic E-state index is 13.5. The van der Waals surface area contributed by atoms with Crippen molar-refractivity contribution in [3.05, 3.63) is 29.3 Å². The number of methoxy groups -OCH3 is 2. The van der Waals surface area contributed by atoms with Crippen LogP contribution in [0.2, 0.25) is 0 Å². The number of benzene rings is 1. The summed E-state index contributed by atoms with van der Waals surface area (Å²) in [5.74, 6) is 2.57. The highest BCUT2D eigenvalue weighted by atomic mass is 16.5. The molecule has 6 heteroatoms. The van der Waals surface area contributed by atoms with Crippen molar-refractivity contribution in [3.63, 3.8) is 0 Å². The molecule has 3 saturated heterocycles. The molecule has 1 aromatic carbocycles. The van der Waals surface area contributed by atoms with E-state index in [1.807, 2.05) is 6.07 Å². The zero-order chi connectivity index (χ0) is 19.5. The molecule has 5 heterocycles. The Labute approximate surface area is 170 Å². The molecule has 152 valence electrons. The Morgan fingerprint density at radius 3 is 2.86 bits per heavy atom. The Kier molecular flexibility index (Phi) is 3.08. The van der Waals surface area contributed by atoms with Crippen LogP contribution in [0.3, 0.4) is 0 Å². The summed E-state index contributed by atoms with van der Waals surface area (Å²) < 4.78 is 17.6.